The van der Waals surface area contributed by atoms with Crippen LogP contribution in [-0.4, -0.2) is 32.0 Å². The minimum Gasteiger partial charge on any atom is -0.497 e. The van der Waals surface area contributed by atoms with Crippen molar-refractivity contribution in [3.8, 4) is 5.75 Å². The van der Waals surface area contributed by atoms with Gasteiger partial charge in [-0.15, -0.1) is 0 Å². The van der Waals surface area contributed by atoms with Crippen molar-refractivity contribution in [3.63, 3.8) is 0 Å². The van der Waals surface area contributed by atoms with Crippen molar-refractivity contribution < 1.29 is 14.3 Å². The normalized spacial score (nSPS) is 13.7. The first-order valence-corrected chi connectivity index (χ1v) is 7.21. The molecular weight excluding hydrogens is 262 g/mol. The first-order valence-electron chi connectivity index (χ1n) is 6.16. The Balaban J connectivity index is 2.63. The van der Waals surface area contributed by atoms with E-state index in [1.165, 1.54) is 7.11 Å². The fraction of sp³-hybridized carbons (Fsp3) is 0.500. The van der Waals surface area contributed by atoms with Gasteiger partial charge in [-0.3, -0.25) is 4.79 Å². The molecule has 0 radical (unpaired) electrons. The molecule has 2 unspecified atom stereocenters. The molecule has 0 spiro atoms. The van der Waals surface area contributed by atoms with E-state index in [-0.39, 0.29) is 17.3 Å². The van der Waals surface area contributed by atoms with E-state index in [1.807, 2.05) is 31.2 Å². The second-order valence-electron chi connectivity index (χ2n) is 4.25. The van der Waals surface area contributed by atoms with Gasteiger partial charge in [-0.1, -0.05) is 12.1 Å². The molecule has 0 fully saturated rings. The summed E-state index contributed by atoms with van der Waals surface area (Å²) in [6, 6.07) is 7.88. The maximum Gasteiger partial charge on any atom is 0.306 e. The summed E-state index contributed by atoms with van der Waals surface area (Å²) >= 11 is 1.67. The van der Waals surface area contributed by atoms with Gasteiger partial charge in [0.15, 0.2) is 0 Å². The monoisotopic (exact) mass is 283 g/mol. The lowest BCUT2D eigenvalue weighted by Crippen LogP contribution is -2.23. The van der Waals surface area contributed by atoms with E-state index in [0.29, 0.717) is 12.2 Å². The molecule has 0 saturated heterocycles. The Morgan fingerprint density at radius 1 is 1.32 bits per heavy atom. The van der Waals surface area contributed by atoms with Crippen molar-refractivity contribution in [2.24, 2.45) is 5.73 Å². The Morgan fingerprint density at radius 2 is 1.95 bits per heavy atom. The summed E-state index contributed by atoms with van der Waals surface area (Å²) in [5, 5.41) is 0.163. The van der Waals surface area contributed by atoms with E-state index < -0.39 is 0 Å². The summed E-state index contributed by atoms with van der Waals surface area (Å²) in [6.07, 6.45) is 0.403. The van der Waals surface area contributed by atoms with E-state index in [4.69, 9.17) is 10.5 Å². The highest BCUT2D eigenvalue weighted by atomic mass is 32.2. The Bertz CT molecular complexity index is 392. The summed E-state index contributed by atoms with van der Waals surface area (Å²) in [7, 11) is 3.04. The summed E-state index contributed by atoms with van der Waals surface area (Å²) in [5.74, 6) is 1.34. The number of carbonyl (C=O) groups is 1. The topological polar surface area (TPSA) is 61.5 Å². The van der Waals surface area contributed by atoms with E-state index in [1.54, 1.807) is 18.9 Å². The van der Waals surface area contributed by atoms with Crippen molar-refractivity contribution in [2.45, 2.75) is 24.6 Å². The number of carbonyl (C=O) groups excluding carboxylic acids is 1. The van der Waals surface area contributed by atoms with Gasteiger partial charge in [-0.05, 0) is 24.6 Å². The SMILES string of the molecule is COC(=O)CCSC(c1ccc(OC)cc1)C(C)N. The number of esters is 1. The standard InChI is InChI=1S/C14H21NO3S/c1-10(15)14(19-9-8-13(16)18-3)11-4-6-12(17-2)7-5-11/h4-7,10,14H,8-9,15H2,1-3H3. The van der Waals surface area contributed by atoms with Crippen molar-refractivity contribution in [3.05, 3.63) is 29.8 Å². The average molecular weight is 283 g/mol. The number of thioether (sulfide) groups is 1. The molecule has 19 heavy (non-hydrogen) atoms. The number of nitrogens with two attached hydrogens (primary N) is 1. The van der Waals surface area contributed by atoms with Crippen LogP contribution in [0.25, 0.3) is 0 Å². The van der Waals surface area contributed by atoms with Gasteiger partial charge in [-0.2, -0.15) is 11.8 Å². The zero-order valence-corrected chi connectivity index (χ0v) is 12.4. The molecule has 0 saturated carbocycles. The fourth-order valence-corrected chi connectivity index (χ4v) is 2.91. The lowest BCUT2D eigenvalue weighted by Gasteiger charge is -2.21. The van der Waals surface area contributed by atoms with Crippen LogP contribution in [0.4, 0.5) is 0 Å². The molecule has 106 valence electrons. The van der Waals surface area contributed by atoms with Crippen LogP contribution < -0.4 is 10.5 Å². The van der Waals surface area contributed by atoms with Crippen LogP contribution in [0.1, 0.15) is 24.2 Å². The summed E-state index contributed by atoms with van der Waals surface area (Å²) in [5.41, 5.74) is 7.16. The highest BCUT2D eigenvalue weighted by Crippen LogP contribution is 2.32. The molecule has 0 bridgehead atoms. The average Bonchev–Trinajstić information content (AvgIpc) is 2.43. The smallest absolute Gasteiger partial charge is 0.306 e. The fourth-order valence-electron chi connectivity index (χ4n) is 1.72. The highest BCUT2D eigenvalue weighted by molar-refractivity contribution is 7.99. The first kappa shape index (κ1) is 15.9. The van der Waals surface area contributed by atoms with Crippen molar-refractivity contribution in [1.82, 2.24) is 0 Å². The van der Waals surface area contributed by atoms with E-state index in [0.717, 1.165) is 11.3 Å². The van der Waals surface area contributed by atoms with Crippen LogP contribution in [0.5, 0.6) is 5.75 Å². The van der Waals surface area contributed by atoms with Gasteiger partial charge in [0.05, 0.1) is 20.6 Å². The summed E-state index contributed by atoms with van der Waals surface area (Å²) in [4.78, 5) is 11.1. The molecule has 0 aliphatic rings. The molecule has 0 aromatic heterocycles. The Morgan fingerprint density at radius 3 is 2.42 bits per heavy atom. The number of hydrogen-bond acceptors (Lipinski definition) is 5. The van der Waals surface area contributed by atoms with Crippen LogP contribution in [0, 0.1) is 0 Å². The molecule has 5 heteroatoms. The van der Waals surface area contributed by atoms with E-state index in [2.05, 4.69) is 4.74 Å². The third kappa shape index (κ3) is 5.12. The number of rotatable bonds is 7. The van der Waals surface area contributed by atoms with Crippen LogP contribution in [0.15, 0.2) is 24.3 Å². The van der Waals surface area contributed by atoms with E-state index >= 15 is 0 Å². The Kier molecular flexibility index (Phi) is 6.73. The molecule has 1 aromatic carbocycles. The zero-order valence-electron chi connectivity index (χ0n) is 11.6. The highest BCUT2D eigenvalue weighted by Gasteiger charge is 2.17. The third-order valence-electron chi connectivity index (χ3n) is 2.75. The van der Waals surface area contributed by atoms with Gasteiger partial charge in [0.1, 0.15) is 5.75 Å². The van der Waals surface area contributed by atoms with Crippen molar-refractivity contribution in [2.75, 3.05) is 20.0 Å². The zero-order chi connectivity index (χ0) is 14.3. The molecule has 0 amide bonds. The minimum absolute atomic E-state index is 0.0102. The molecule has 2 atom stereocenters. The predicted molar refractivity (Wildman–Crippen MR) is 78.5 cm³/mol. The maximum absolute atomic E-state index is 11.1. The third-order valence-corrected chi connectivity index (χ3v) is 4.25. The van der Waals surface area contributed by atoms with E-state index in [9.17, 15) is 4.79 Å². The van der Waals surface area contributed by atoms with Gasteiger partial charge in [0, 0.05) is 17.0 Å². The second-order valence-corrected chi connectivity index (χ2v) is 5.50. The number of methoxy groups -OCH3 is 2. The minimum atomic E-state index is -0.189. The van der Waals surface area contributed by atoms with Crippen LogP contribution in [0.2, 0.25) is 0 Å². The molecule has 2 N–H and O–H groups in total. The van der Waals surface area contributed by atoms with Gasteiger partial charge in [-0.25, -0.2) is 0 Å². The first-order chi connectivity index (χ1) is 9.08. The number of benzene rings is 1. The van der Waals surface area contributed by atoms with Crippen LogP contribution in [-0.2, 0) is 9.53 Å². The molecule has 1 rings (SSSR count). The summed E-state index contributed by atoms with van der Waals surface area (Å²) in [6.45, 7) is 1.97. The van der Waals surface area contributed by atoms with Gasteiger partial charge in [0.2, 0.25) is 0 Å². The molecule has 0 aliphatic carbocycles. The molecular formula is C14H21NO3S. The Hall–Kier alpha value is -1.20. The number of ether oxygens (including phenoxy) is 2. The molecule has 1 aromatic rings. The van der Waals surface area contributed by atoms with Crippen molar-refractivity contribution in [1.29, 1.82) is 0 Å². The molecule has 4 nitrogen and oxygen atoms in total. The molecule has 0 aliphatic heterocycles. The lowest BCUT2D eigenvalue weighted by molar-refractivity contribution is -0.140. The lowest BCUT2D eigenvalue weighted by atomic mass is 10.1. The number of hydrogen-bond donors (Lipinski definition) is 1. The second kappa shape index (κ2) is 8.07. The Labute approximate surface area is 118 Å². The van der Waals surface area contributed by atoms with Gasteiger partial charge in [0.25, 0.3) is 0 Å². The van der Waals surface area contributed by atoms with Crippen LogP contribution in [0.3, 0.4) is 0 Å². The van der Waals surface area contributed by atoms with Crippen molar-refractivity contribution >= 4 is 17.7 Å². The van der Waals surface area contributed by atoms with Gasteiger partial charge < -0.3 is 15.2 Å². The van der Waals surface area contributed by atoms with Gasteiger partial charge >= 0.3 is 5.97 Å². The maximum atomic E-state index is 11.1. The largest absolute Gasteiger partial charge is 0.497 e. The van der Waals surface area contributed by atoms with Crippen LogP contribution >= 0.6 is 11.8 Å². The predicted octanol–water partition coefficient (Wildman–Crippen LogP) is 2.38. The molecule has 0 heterocycles. The summed E-state index contributed by atoms with van der Waals surface area (Å²) < 4.78 is 9.77. The quantitative estimate of drug-likeness (QED) is 0.778.